The van der Waals surface area contributed by atoms with Crippen LogP contribution in [0.2, 0.25) is 0 Å². The molecule has 1 aliphatic rings. The minimum absolute atomic E-state index is 0.470. The first kappa shape index (κ1) is 13.7. The van der Waals surface area contributed by atoms with Crippen LogP contribution in [0.3, 0.4) is 0 Å². The van der Waals surface area contributed by atoms with Crippen molar-refractivity contribution in [3.05, 3.63) is 29.3 Å². The zero-order chi connectivity index (χ0) is 15.1. The maximum Gasteiger partial charge on any atom is 0.254 e. The zero-order valence-corrected chi connectivity index (χ0v) is 13.5. The first-order valence-corrected chi connectivity index (χ1v) is 8.35. The fraction of sp³-hybridized carbons (Fsp3) is 0.400. The Morgan fingerprint density at radius 3 is 3.05 bits per heavy atom. The van der Waals surface area contributed by atoms with E-state index in [0.717, 1.165) is 41.8 Å². The topological polar surface area (TPSA) is 58.4 Å². The molecule has 1 saturated heterocycles. The lowest BCUT2D eigenvalue weighted by Crippen LogP contribution is -2.49. The molecule has 1 unspecified atom stereocenters. The SMILES string of the molecule is Cc1cc(N2CCNC(C)C2)n2nc(-c3cccs3)nc2n1. The Hall–Kier alpha value is -1.99. The third-order valence-corrected chi connectivity index (χ3v) is 4.72. The van der Waals surface area contributed by atoms with Crippen LogP contribution in [0.15, 0.2) is 23.6 Å². The number of aromatic nitrogens is 4. The molecule has 4 rings (SSSR count). The summed E-state index contributed by atoms with van der Waals surface area (Å²) in [5.74, 6) is 2.49. The summed E-state index contributed by atoms with van der Waals surface area (Å²) in [4.78, 5) is 12.6. The molecule has 1 aliphatic heterocycles. The molecule has 0 radical (unpaired) electrons. The Morgan fingerprint density at radius 2 is 2.27 bits per heavy atom. The average Bonchev–Trinajstić information content (AvgIpc) is 3.15. The van der Waals surface area contributed by atoms with Crippen LogP contribution in [0.5, 0.6) is 0 Å². The second kappa shape index (κ2) is 5.33. The Morgan fingerprint density at radius 1 is 1.36 bits per heavy atom. The van der Waals surface area contributed by atoms with Gasteiger partial charge in [-0.3, -0.25) is 0 Å². The average molecular weight is 314 g/mol. The molecule has 0 amide bonds. The van der Waals surface area contributed by atoms with Crippen molar-refractivity contribution in [1.82, 2.24) is 24.9 Å². The van der Waals surface area contributed by atoms with Crippen LogP contribution in [0.4, 0.5) is 5.82 Å². The Balaban J connectivity index is 1.83. The van der Waals surface area contributed by atoms with Gasteiger partial charge in [0.25, 0.3) is 5.78 Å². The first-order chi connectivity index (χ1) is 10.7. The molecular weight excluding hydrogens is 296 g/mol. The molecule has 0 bridgehead atoms. The van der Waals surface area contributed by atoms with Gasteiger partial charge in [-0.15, -0.1) is 16.4 Å². The summed E-state index contributed by atoms with van der Waals surface area (Å²) >= 11 is 1.65. The van der Waals surface area contributed by atoms with Crippen molar-refractivity contribution >= 4 is 22.9 Å². The predicted octanol–water partition coefficient (Wildman–Crippen LogP) is 1.96. The standard InChI is InChI=1S/C15H18N6S/c1-10-8-13(20-6-5-16-11(2)9-20)21-15(17-10)18-14(19-21)12-4-3-7-22-12/h3-4,7-8,11,16H,5-6,9H2,1-2H3. The van der Waals surface area contributed by atoms with Crippen molar-refractivity contribution in [2.45, 2.75) is 19.9 Å². The largest absolute Gasteiger partial charge is 0.354 e. The van der Waals surface area contributed by atoms with Crippen molar-refractivity contribution < 1.29 is 0 Å². The van der Waals surface area contributed by atoms with Gasteiger partial charge in [0.2, 0.25) is 0 Å². The third kappa shape index (κ3) is 2.36. The molecule has 0 spiro atoms. The lowest BCUT2D eigenvalue weighted by Gasteiger charge is -2.33. The van der Waals surface area contributed by atoms with E-state index in [1.54, 1.807) is 11.3 Å². The second-order valence-corrected chi connectivity index (χ2v) is 6.63. The van der Waals surface area contributed by atoms with Crippen LogP contribution in [0, 0.1) is 6.92 Å². The van der Waals surface area contributed by atoms with E-state index in [4.69, 9.17) is 0 Å². The molecule has 4 heterocycles. The quantitative estimate of drug-likeness (QED) is 0.783. The van der Waals surface area contributed by atoms with Crippen molar-refractivity contribution in [1.29, 1.82) is 0 Å². The van der Waals surface area contributed by atoms with Crippen molar-refractivity contribution in [3.63, 3.8) is 0 Å². The van der Waals surface area contributed by atoms with E-state index in [1.807, 2.05) is 29.0 Å². The van der Waals surface area contributed by atoms with E-state index in [1.165, 1.54) is 0 Å². The second-order valence-electron chi connectivity index (χ2n) is 5.68. The summed E-state index contributed by atoms with van der Waals surface area (Å²) in [5.41, 5.74) is 0.971. The van der Waals surface area contributed by atoms with Gasteiger partial charge in [0, 0.05) is 37.4 Å². The fourth-order valence-corrected chi connectivity index (χ4v) is 3.50. The van der Waals surface area contributed by atoms with Crippen LogP contribution in [0.25, 0.3) is 16.5 Å². The van der Waals surface area contributed by atoms with E-state index in [2.05, 4.69) is 38.3 Å². The number of nitrogens with one attached hydrogen (secondary N) is 1. The van der Waals surface area contributed by atoms with Crippen LogP contribution in [-0.4, -0.2) is 45.3 Å². The lowest BCUT2D eigenvalue weighted by atomic mass is 10.2. The third-order valence-electron chi connectivity index (χ3n) is 3.86. The fourth-order valence-electron chi connectivity index (χ4n) is 2.84. The number of nitrogens with zero attached hydrogens (tertiary/aromatic N) is 5. The number of rotatable bonds is 2. The van der Waals surface area contributed by atoms with Gasteiger partial charge in [-0.25, -0.2) is 4.98 Å². The molecule has 1 fully saturated rings. The number of aryl methyl sites for hydroxylation is 1. The van der Waals surface area contributed by atoms with Gasteiger partial charge in [0.05, 0.1) is 4.88 Å². The summed E-state index contributed by atoms with van der Waals surface area (Å²) in [5, 5.41) is 10.2. The van der Waals surface area contributed by atoms with E-state index in [-0.39, 0.29) is 0 Å². The molecule has 0 aromatic carbocycles. The Labute approximate surface area is 132 Å². The minimum atomic E-state index is 0.470. The molecule has 0 aliphatic carbocycles. The normalized spacial score (nSPS) is 19.0. The molecule has 1 N–H and O–H groups in total. The molecule has 0 saturated carbocycles. The highest BCUT2D eigenvalue weighted by atomic mass is 32.1. The van der Waals surface area contributed by atoms with Gasteiger partial charge in [-0.2, -0.15) is 9.50 Å². The summed E-state index contributed by atoms with van der Waals surface area (Å²) < 4.78 is 1.88. The van der Waals surface area contributed by atoms with Gasteiger partial charge < -0.3 is 10.2 Å². The van der Waals surface area contributed by atoms with Crippen LogP contribution in [-0.2, 0) is 0 Å². The van der Waals surface area contributed by atoms with Gasteiger partial charge in [0.1, 0.15) is 5.82 Å². The summed E-state index contributed by atoms with van der Waals surface area (Å²) in [6.07, 6.45) is 0. The number of anilines is 1. The van der Waals surface area contributed by atoms with Gasteiger partial charge in [-0.05, 0) is 25.3 Å². The molecule has 3 aromatic heterocycles. The predicted molar refractivity (Wildman–Crippen MR) is 88.5 cm³/mol. The molecule has 22 heavy (non-hydrogen) atoms. The minimum Gasteiger partial charge on any atom is -0.354 e. The zero-order valence-electron chi connectivity index (χ0n) is 12.7. The number of piperazine rings is 1. The summed E-state index contributed by atoms with van der Waals surface area (Å²) in [6.45, 7) is 7.13. The smallest absolute Gasteiger partial charge is 0.254 e. The van der Waals surface area contributed by atoms with Crippen molar-refractivity contribution in [2.75, 3.05) is 24.5 Å². The summed E-state index contributed by atoms with van der Waals surface area (Å²) in [6, 6.07) is 6.62. The van der Waals surface area contributed by atoms with Crippen LogP contribution >= 0.6 is 11.3 Å². The van der Waals surface area contributed by atoms with Gasteiger partial charge in [0.15, 0.2) is 5.82 Å². The van der Waals surface area contributed by atoms with Crippen LogP contribution < -0.4 is 10.2 Å². The Bertz CT molecular complexity index is 794. The number of hydrogen-bond donors (Lipinski definition) is 1. The van der Waals surface area contributed by atoms with E-state index >= 15 is 0 Å². The highest BCUT2D eigenvalue weighted by Crippen LogP contribution is 2.24. The first-order valence-electron chi connectivity index (χ1n) is 7.47. The van der Waals surface area contributed by atoms with Gasteiger partial charge >= 0.3 is 0 Å². The molecule has 114 valence electrons. The molecule has 3 aromatic rings. The van der Waals surface area contributed by atoms with E-state index < -0.39 is 0 Å². The highest BCUT2D eigenvalue weighted by molar-refractivity contribution is 7.13. The molecule has 1 atom stereocenters. The molecule has 6 nitrogen and oxygen atoms in total. The monoisotopic (exact) mass is 314 g/mol. The molecule has 7 heteroatoms. The number of fused-ring (bicyclic) bond motifs is 1. The summed E-state index contributed by atoms with van der Waals surface area (Å²) in [7, 11) is 0. The number of hydrogen-bond acceptors (Lipinski definition) is 6. The molecular formula is C15H18N6S. The van der Waals surface area contributed by atoms with E-state index in [0.29, 0.717) is 11.8 Å². The van der Waals surface area contributed by atoms with Crippen molar-refractivity contribution in [3.8, 4) is 10.7 Å². The Kier molecular flexibility index (Phi) is 3.31. The number of thiophene rings is 1. The van der Waals surface area contributed by atoms with E-state index in [9.17, 15) is 0 Å². The van der Waals surface area contributed by atoms with Gasteiger partial charge in [-0.1, -0.05) is 6.07 Å². The van der Waals surface area contributed by atoms with Crippen LogP contribution in [0.1, 0.15) is 12.6 Å². The lowest BCUT2D eigenvalue weighted by molar-refractivity contribution is 0.480. The maximum absolute atomic E-state index is 4.69. The highest BCUT2D eigenvalue weighted by Gasteiger charge is 2.20. The van der Waals surface area contributed by atoms with Crippen molar-refractivity contribution in [2.24, 2.45) is 0 Å². The maximum atomic E-state index is 4.69.